The summed E-state index contributed by atoms with van der Waals surface area (Å²) in [6.07, 6.45) is 1.92. The van der Waals surface area contributed by atoms with Crippen LogP contribution in [-0.4, -0.2) is 51.8 Å². The van der Waals surface area contributed by atoms with Gasteiger partial charge in [-0.05, 0) is 24.1 Å². The van der Waals surface area contributed by atoms with E-state index in [1.54, 1.807) is 11.8 Å². The predicted octanol–water partition coefficient (Wildman–Crippen LogP) is 7.23. The monoisotopic (exact) mass is 665 g/mol. The van der Waals surface area contributed by atoms with Crippen molar-refractivity contribution in [2.45, 2.75) is 52.0 Å². The summed E-state index contributed by atoms with van der Waals surface area (Å²) in [6, 6.07) is 25.1. The molecule has 5 aromatic rings. The molecule has 0 radical (unpaired) electrons. The first-order valence-electron chi connectivity index (χ1n) is 13.1. The maximum absolute atomic E-state index is 6.05. The number of nitrogens with zero attached hydrogens (tertiary/aromatic N) is 7. The number of aryl methyl sites for hydroxylation is 1. The Bertz CT molecular complexity index is 1540. The number of aromatic nitrogens is 7. The van der Waals surface area contributed by atoms with Crippen LogP contribution < -0.4 is 0 Å². The van der Waals surface area contributed by atoms with Crippen molar-refractivity contribution in [2.75, 3.05) is 0 Å². The van der Waals surface area contributed by atoms with E-state index in [1.165, 1.54) is 11.1 Å². The number of thioether (sulfide) groups is 1. The van der Waals surface area contributed by atoms with Gasteiger partial charge in [-0.3, -0.25) is 0 Å². The Balaban J connectivity index is 1.39. The fourth-order valence-electron chi connectivity index (χ4n) is 4.43. The first kappa shape index (κ1) is 27.9. The molecule has 0 aliphatic carbocycles. The van der Waals surface area contributed by atoms with E-state index in [-0.39, 0.29) is 0 Å². The zero-order chi connectivity index (χ0) is 27.4. The minimum atomic E-state index is -2.56. The molecule has 0 bridgehead atoms. The van der Waals surface area contributed by atoms with Crippen molar-refractivity contribution in [1.29, 1.82) is 0 Å². The Morgan fingerprint density at radius 1 is 0.821 bits per heavy atom. The molecule has 0 saturated carbocycles. The molecular formula is C29H32ClN7SSn. The van der Waals surface area contributed by atoms with Crippen LogP contribution in [0.25, 0.3) is 22.5 Å². The molecular weight excluding hydrogens is 633 g/mol. The predicted molar refractivity (Wildman–Crippen MR) is 162 cm³/mol. The van der Waals surface area contributed by atoms with Gasteiger partial charge in [0.15, 0.2) is 0 Å². The van der Waals surface area contributed by atoms with Gasteiger partial charge in [-0.15, -0.1) is 0 Å². The van der Waals surface area contributed by atoms with E-state index in [2.05, 4.69) is 116 Å². The summed E-state index contributed by atoms with van der Waals surface area (Å²) in [4.78, 5) is 6.93. The van der Waals surface area contributed by atoms with E-state index >= 15 is 0 Å². The Morgan fingerprint density at radius 3 is 2.21 bits per heavy atom. The van der Waals surface area contributed by atoms with Crippen LogP contribution in [0, 0.1) is 0 Å². The Hall–Kier alpha value is -2.69. The van der Waals surface area contributed by atoms with Crippen LogP contribution in [0.15, 0.2) is 78.0 Å². The van der Waals surface area contributed by atoms with Crippen LogP contribution in [0.3, 0.4) is 0 Å². The normalized spacial score (nSPS) is 11.7. The van der Waals surface area contributed by atoms with Gasteiger partial charge in [0, 0.05) is 10.8 Å². The van der Waals surface area contributed by atoms with Gasteiger partial charge in [0.2, 0.25) is 0 Å². The third kappa shape index (κ3) is 6.55. The van der Waals surface area contributed by atoms with Gasteiger partial charge in [-0.25, -0.2) is 0 Å². The summed E-state index contributed by atoms with van der Waals surface area (Å²) in [6.45, 7) is 2.90. The fraction of sp³-hybridized carbons (Fsp3) is 0.276. The molecule has 0 amide bonds. The number of halogens is 1. The van der Waals surface area contributed by atoms with Gasteiger partial charge in [0.05, 0.1) is 0 Å². The topological polar surface area (TPSA) is 74.3 Å². The maximum atomic E-state index is 6.05. The third-order valence-corrected chi connectivity index (χ3v) is 12.2. The molecule has 2 heterocycles. The van der Waals surface area contributed by atoms with Crippen molar-refractivity contribution in [1.82, 2.24) is 33.2 Å². The summed E-state index contributed by atoms with van der Waals surface area (Å²) >= 11 is 5.20. The van der Waals surface area contributed by atoms with E-state index in [0.29, 0.717) is 0 Å². The molecule has 0 unspecified atom stereocenters. The minimum absolute atomic E-state index is 0.726. The van der Waals surface area contributed by atoms with Crippen LogP contribution >= 0.6 is 23.4 Å². The van der Waals surface area contributed by atoms with Crippen molar-refractivity contribution in [3.63, 3.8) is 0 Å². The van der Waals surface area contributed by atoms with Gasteiger partial charge in [-0.2, -0.15) is 0 Å². The second-order valence-electron chi connectivity index (χ2n) is 10.5. The first-order chi connectivity index (χ1) is 18.8. The average molecular weight is 665 g/mol. The number of tetrazole rings is 1. The van der Waals surface area contributed by atoms with Gasteiger partial charge < -0.3 is 0 Å². The zero-order valence-corrected chi connectivity index (χ0v) is 27.1. The number of hydrogen-bond donors (Lipinski definition) is 0. The van der Waals surface area contributed by atoms with Gasteiger partial charge in [0.1, 0.15) is 0 Å². The summed E-state index contributed by atoms with van der Waals surface area (Å²) < 4.78 is 4.34. The van der Waals surface area contributed by atoms with Gasteiger partial charge >= 0.3 is 179 Å². The van der Waals surface area contributed by atoms with E-state index in [4.69, 9.17) is 11.6 Å². The molecule has 200 valence electrons. The second-order valence-corrected chi connectivity index (χ2v) is 25.5. The third-order valence-electron chi connectivity index (χ3n) is 6.43. The molecule has 0 N–H and O–H groups in total. The summed E-state index contributed by atoms with van der Waals surface area (Å²) in [7, 11) is 0. The van der Waals surface area contributed by atoms with Crippen LogP contribution in [0.5, 0.6) is 0 Å². The number of rotatable bonds is 10. The van der Waals surface area contributed by atoms with E-state index in [0.717, 1.165) is 63.7 Å². The van der Waals surface area contributed by atoms with E-state index in [1.807, 2.05) is 12.1 Å². The van der Waals surface area contributed by atoms with Crippen LogP contribution in [-0.2, 0) is 18.7 Å². The quantitative estimate of drug-likeness (QED) is 0.116. The van der Waals surface area contributed by atoms with Crippen molar-refractivity contribution >= 4 is 42.0 Å². The fourth-order valence-corrected chi connectivity index (χ4v) is 8.63. The van der Waals surface area contributed by atoms with Crippen molar-refractivity contribution in [3.8, 4) is 22.5 Å². The average Bonchev–Trinajstić information content (AvgIpc) is 3.57. The molecule has 0 spiro atoms. The molecule has 7 nitrogen and oxygen atoms in total. The molecule has 10 heteroatoms. The molecule has 0 fully saturated rings. The number of hydrogen-bond acceptors (Lipinski definition) is 6. The SMILES string of the molecule is CCCc1nnc(SCc2ccc(Cl)cc2)n1Cc1ccc(-c2ccccc2-c2nnn[n]2[Sn]([CH3])([CH3])[CH3])cc1. The van der Waals surface area contributed by atoms with E-state index in [9.17, 15) is 0 Å². The Morgan fingerprint density at radius 2 is 1.51 bits per heavy atom. The Labute approximate surface area is 243 Å². The van der Waals surface area contributed by atoms with Crippen molar-refractivity contribution in [3.05, 3.63) is 94.8 Å². The summed E-state index contributed by atoms with van der Waals surface area (Å²) in [5, 5.41) is 23.5. The molecule has 3 aromatic carbocycles. The standard InChI is InChI=1S/C26H23ClN7S.3CH3.Sn/c1-2-5-24-28-31-26(35-17-19-10-14-21(27)15-11-19)34(24)16-18-8-12-20(13-9-18)22-6-3-4-7-23(22)25-29-32-33-30-25;;;;/h3-4,6-15H,2,5,16-17H2,1H3;3*1H3;/q-1;;;;+1. The summed E-state index contributed by atoms with van der Waals surface area (Å²) in [5.74, 6) is 2.69. The molecule has 0 aliphatic heterocycles. The second kappa shape index (κ2) is 12.2. The van der Waals surface area contributed by atoms with Gasteiger partial charge in [0.25, 0.3) is 0 Å². The molecule has 0 aliphatic rings. The van der Waals surface area contributed by atoms with Crippen LogP contribution in [0.2, 0.25) is 19.8 Å². The van der Waals surface area contributed by atoms with Gasteiger partial charge in [-0.1, -0.05) is 30.7 Å². The molecule has 39 heavy (non-hydrogen) atoms. The Kier molecular flexibility index (Phi) is 8.73. The summed E-state index contributed by atoms with van der Waals surface area (Å²) in [5.41, 5.74) is 5.75. The van der Waals surface area contributed by atoms with Crippen molar-refractivity contribution < 1.29 is 0 Å². The molecule has 5 rings (SSSR count). The molecule has 0 atom stereocenters. The number of benzene rings is 3. The zero-order valence-electron chi connectivity index (χ0n) is 22.7. The molecule has 2 aromatic heterocycles. The van der Waals surface area contributed by atoms with Crippen LogP contribution in [0.4, 0.5) is 0 Å². The van der Waals surface area contributed by atoms with Crippen molar-refractivity contribution in [2.24, 2.45) is 0 Å². The van der Waals surface area contributed by atoms with Crippen LogP contribution in [0.1, 0.15) is 30.3 Å². The van der Waals surface area contributed by atoms with E-state index < -0.39 is 18.7 Å². The first-order valence-corrected chi connectivity index (χ1v) is 24.3. The molecule has 0 saturated heterocycles.